The number of nitrogens with two attached hydrogens (primary N) is 1. The van der Waals surface area contributed by atoms with Gasteiger partial charge in [0.15, 0.2) is 0 Å². The first-order chi connectivity index (χ1) is 9.60. The third-order valence-corrected chi connectivity index (χ3v) is 2.83. The van der Waals surface area contributed by atoms with E-state index in [2.05, 4.69) is 0 Å². The molecule has 0 saturated heterocycles. The molecule has 1 aromatic rings. The SMILES string of the molecule is COc1cc(OC)c([C@@H](N)C(F)(F)C(F)(F)F)c(OC)c1.Cl. The molecule has 0 spiro atoms. The second-order valence-electron chi connectivity index (χ2n) is 4.04. The van der Waals surface area contributed by atoms with E-state index in [9.17, 15) is 22.0 Å². The van der Waals surface area contributed by atoms with Gasteiger partial charge in [-0.1, -0.05) is 0 Å². The standard InChI is InChI=1S/C12H14F5NO3.ClH/c1-19-6-4-7(20-2)9(8(5-6)21-3)10(18)11(13,14)12(15,16)17;/h4-5,10H,18H2,1-3H3;1H/t10-;/m1./s1. The molecule has 1 aromatic carbocycles. The molecular formula is C12H15ClF5NO3. The number of halogens is 6. The van der Waals surface area contributed by atoms with E-state index < -0.39 is 23.7 Å². The summed E-state index contributed by atoms with van der Waals surface area (Å²) in [6.07, 6.45) is -5.80. The van der Waals surface area contributed by atoms with Crippen molar-refractivity contribution in [1.29, 1.82) is 0 Å². The molecule has 0 fully saturated rings. The highest BCUT2D eigenvalue weighted by Gasteiger charge is 2.62. The summed E-state index contributed by atoms with van der Waals surface area (Å²) in [7, 11) is 3.50. The average molecular weight is 352 g/mol. The lowest BCUT2D eigenvalue weighted by Gasteiger charge is -2.28. The minimum Gasteiger partial charge on any atom is -0.496 e. The summed E-state index contributed by atoms with van der Waals surface area (Å²) in [4.78, 5) is 0. The first kappa shape index (κ1) is 20.5. The van der Waals surface area contributed by atoms with Gasteiger partial charge in [-0.05, 0) is 0 Å². The normalized spacial score (nSPS) is 13.1. The molecule has 2 N–H and O–H groups in total. The van der Waals surface area contributed by atoms with E-state index in [1.54, 1.807) is 0 Å². The second kappa shape index (κ2) is 7.19. The summed E-state index contributed by atoms with van der Waals surface area (Å²) >= 11 is 0. The number of hydrogen-bond acceptors (Lipinski definition) is 4. The Morgan fingerprint density at radius 2 is 1.32 bits per heavy atom. The highest BCUT2D eigenvalue weighted by molar-refractivity contribution is 5.85. The molecule has 4 nitrogen and oxygen atoms in total. The molecule has 22 heavy (non-hydrogen) atoms. The monoisotopic (exact) mass is 351 g/mol. The fraction of sp³-hybridized carbons (Fsp3) is 0.500. The fourth-order valence-electron chi connectivity index (χ4n) is 1.70. The summed E-state index contributed by atoms with van der Waals surface area (Å²) in [5.41, 5.74) is 4.54. The molecule has 1 rings (SSSR count). The van der Waals surface area contributed by atoms with Crippen molar-refractivity contribution in [3.63, 3.8) is 0 Å². The molecule has 0 aromatic heterocycles. The van der Waals surface area contributed by atoms with Gasteiger partial charge in [0.2, 0.25) is 0 Å². The smallest absolute Gasteiger partial charge is 0.455 e. The van der Waals surface area contributed by atoms with Gasteiger partial charge in [0, 0.05) is 12.1 Å². The lowest BCUT2D eigenvalue weighted by Crippen LogP contribution is -2.46. The zero-order chi connectivity index (χ0) is 16.4. The van der Waals surface area contributed by atoms with Gasteiger partial charge in [-0.15, -0.1) is 12.4 Å². The zero-order valence-electron chi connectivity index (χ0n) is 11.8. The molecular weight excluding hydrogens is 337 g/mol. The third-order valence-electron chi connectivity index (χ3n) is 2.83. The quantitative estimate of drug-likeness (QED) is 0.827. The molecule has 0 saturated carbocycles. The number of ether oxygens (including phenoxy) is 3. The van der Waals surface area contributed by atoms with Crippen LogP contribution in [0.25, 0.3) is 0 Å². The van der Waals surface area contributed by atoms with E-state index in [0.29, 0.717) is 0 Å². The van der Waals surface area contributed by atoms with Crippen LogP contribution < -0.4 is 19.9 Å². The van der Waals surface area contributed by atoms with Crippen LogP contribution in [0.1, 0.15) is 11.6 Å². The van der Waals surface area contributed by atoms with Gasteiger partial charge in [-0.2, -0.15) is 22.0 Å². The molecule has 0 bridgehead atoms. The third kappa shape index (κ3) is 3.64. The van der Waals surface area contributed by atoms with E-state index in [0.717, 1.165) is 26.4 Å². The topological polar surface area (TPSA) is 53.7 Å². The zero-order valence-corrected chi connectivity index (χ0v) is 12.6. The van der Waals surface area contributed by atoms with Crippen molar-refractivity contribution in [1.82, 2.24) is 0 Å². The minimum atomic E-state index is -5.80. The maximum absolute atomic E-state index is 13.4. The highest BCUT2D eigenvalue weighted by atomic mass is 35.5. The Balaban J connectivity index is 0.00000441. The van der Waals surface area contributed by atoms with Crippen LogP contribution in [0.3, 0.4) is 0 Å². The van der Waals surface area contributed by atoms with Gasteiger partial charge in [0.25, 0.3) is 0 Å². The molecule has 0 heterocycles. The summed E-state index contributed by atoms with van der Waals surface area (Å²) < 4.78 is 78.7. The van der Waals surface area contributed by atoms with Crippen molar-refractivity contribution >= 4 is 12.4 Å². The number of rotatable bonds is 5. The molecule has 0 aliphatic heterocycles. The van der Waals surface area contributed by atoms with Crippen LogP contribution in [0.5, 0.6) is 17.2 Å². The van der Waals surface area contributed by atoms with E-state index in [-0.39, 0.29) is 29.7 Å². The maximum atomic E-state index is 13.4. The minimum absolute atomic E-state index is 0. The van der Waals surface area contributed by atoms with Gasteiger partial charge >= 0.3 is 12.1 Å². The van der Waals surface area contributed by atoms with Crippen molar-refractivity contribution in [2.45, 2.75) is 18.1 Å². The van der Waals surface area contributed by atoms with Gasteiger partial charge < -0.3 is 19.9 Å². The maximum Gasteiger partial charge on any atom is 0.455 e. The van der Waals surface area contributed by atoms with E-state index >= 15 is 0 Å². The predicted octanol–water partition coefficient (Wildman–Crippen LogP) is 3.33. The summed E-state index contributed by atoms with van der Waals surface area (Å²) in [6.45, 7) is 0. The Morgan fingerprint density at radius 3 is 1.59 bits per heavy atom. The largest absolute Gasteiger partial charge is 0.496 e. The lowest BCUT2D eigenvalue weighted by molar-refractivity contribution is -0.291. The van der Waals surface area contributed by atoms with Crippen molar-refractivity contribution in [2.24, 2.45) is 5.73 Å². The van der Waals surface area contributed by atoms with Crippen molar-refractivity contribution in [3.05, 3.63) is 17.7 Å². The van der Waals surface area contributed by atoms with Gasteiger partial charge in [0.1, 0.15) is 23.3 Å². The molecule has 1 atom stereocenters. The predicted molar refractivity (Wildman–Crippen MR) is 71.3 cm³/mol. The number of alkyl halides is 5. The Bertz CT molecular complexity index is 485. The number of benzene rings is 1. The summed E-state index contributed by atoms with van der Waals surface area (Å²) in [6, 6.07) is -0.401. The van der Waals surface area contributed by atoms with E-state index in [1.807, 2.05) is 0 Å². The second-order valence-corrected chi connectivity index (χ2v) is 4.04. The van der Waals surface area contributed by atoms with Crippen molar-refractivity contribution in [2.75, 3.05) is 21.3 Å². The van der Waals surface area contributed by atoms with Crippen LogP contribution in [-0.2, 0) is 0 Å². The fourth-order valence-corrected chi connectivity index (χ4v) is 1.70. The molecule has 0 radical (unpaired) electrons. The Morgan fingerprint density at radius 1 is 0.909 bits per heavy atom. The van der Waals surface area contributed by atoms with Crippen LogP contribution in [0.15, 0.2) is 12.1 Å². The van der Waals surface area contributed by atoms with Crippen LogP contribution in [0, 0.1) is 0 Å². The van der Waals surface area contributed by atoms with E-state index in [1.165, 1.54) is 7.11 Å². The summed E-state index contributed by atoms with van der Waals surface area (Å²) in [5.74, 6) is -5.57. The molecule has 0 aliphatic rings. The van der Waals surface area contributed by atoms with Gasteiger partial charge in [0.05, 0.1) is 26.9 Å². The molecule has 10 heteroatoms. The Labute approximate surface area is 129 Å². The van der Waals surface area contributed by atoms with Crippen LogP contribution in [-0.4, -0.2) is 33.4 Å². The van der Waals surface area contributed by atoms with E-state index in [4.69, 9.17) is 19.9 Å². The Hall–Kier alpha value is -1.48. The first-order valence-corrected chi connectivity index (χ1v) is 5.60. The molecule has 0 amide bonds. The van der Waals surface area contributed by atoms with Crippen molar-refractivity contribution in [3.8, 4) is 17.2 Å². The Kier molecular flexibility index (Phi) is 6.70. The van der Waals surface area contributed by atoms with Gasteiger partial charge in [-0.25, -0.2) is 0 Å². The average Bonchev–Trinajstić information content (AvgIpc) is 2.43. The number of methoxy groups -OCH3 is 3. The number of hydrogen-bond donors (Lipinski definition) is 1. The lowest BCUT2D eigenvalue weighted by atomic mass is 9.98. The highest BCUT2D eigenvalue weighted by Crippen LogP contribution is 2.48. The van der Waals surface area contributed by atoms with Crippen LogP contribution >= 0.6 is 12.4 Å². The first-order valence-electron chi connectivity index (χ1n) is 5.60. The van der Waals surface area contributed by atoms with Crippen molar-refractivity contribution < 1.29 is 36.2 Å². The molecule has 0 aliphatic carbocycles. The van der Waals surface area contributed by atoms with Crippen LogP contribution in [0.2, 0.25) is 0 Å². The van der Waals surface area contributed by atoms with Gasteiger partial charge in [-0.3, -0.25) is 0 Å². The molecule has 0 unspecified atom stereocenters. The molecule has 128 valence electrons. The summed E-state index contributed by atoms with van der Waals surface area (Å²) in [5, 5.41) is 0. The van der Waals surface area contributed by atoms with Crippen LogP contribution in [0.4, 0.5) is 22.0 Å².